The molecule has 5 nitrogen and oxygen atoms in total. The average Bonchev–Trinajstić information content (AvgIpc) is 3.21. The number of para-hydroxylation sites is 2. The number of hydrazine groups is 2. The Bertz CT molecular complexity index is 853. The van der Waals surface area contributed by atoms with Gasteiger partial charge in [-0.05, 0) is 38.1 Å². The van der Waals surface area contributed by atoms with E-state index in [1.54, 1.807) is 16.5 Å². The fourth-order valence-corrected chi connectivity index (χ4v) is 3.34. The summed E-state index contributed by atoms with van der Waals surface area (Å²) >= 11 is 1.66. The molecular formula is C18H17N5S. The Labute approximate surface area is 144 Å². The van der Waals surface area contributed by atoms with Crippen molar-refractivity contribution in [2.45, 2.75) is 13.8 Å². The predicted octanol–water partition coefficient (Wildman–Crippen LogP) is 3.87. The zero-order valence-electron chi connectivity index (χ0n) is 13.5. The summed E-state index contributed by atoms with van der Waals surface area (Å²) in [5.74, 6) is 0.797. The molecule has 1 aromatic heterocycles. The Morgan fingerprint density at radius 2 is 1.50 bits per heavy atom. The predicted molar refractivity (Wildman–Crippen MR) is 99.1 cm³/mol. The number of hydrogen-bond acceptors (Lipinski definition) is 6. The smallest absolute Gasteiger partial charge is 0.207 e. The number of aromatic nitrogens is 1. The molecule has 0 saturated heterocycles. The maximum atomic E-state index is 4.75. The molecular weight excluding hydrogens is 318 g/mol. The third kappa shape index (κ3) is 2.66. The lowest BCUT2D eigenvalue weighted by Gasteiger charge is -2.21. The molecule has 0 radical (unpaired) electrons. The fraction of sp³-hybridized carbons (Fsp3) is 0.111. The van der Waals surface area contributed by atoms with Gasteiger partial charge in [0.2, 0.25) is 5.84 Å². The van der Waals surface area contributed by atoms with Crippen molar-refractivity contribution >= 4 is 28.5 Å². The van der Waals surface area contributed by atoms with Crippen LogP contribution in [0, 0.1) is 13.8 Å². The van der Waals surface area contributed by atoms with Gasteiger partial charge in [0.1, 0.15) is 0 Å². The zero-order chi connectivity index (χ0) is 16.5. The first kappa shape index (κ1) is 14.9. The van der Waals surface area contributed by atoms with Gasteiger partial charge >= 0.3 is 0 Å². The third-order valence-electron chi connectivity index (χ3n) is 3.84. The summed E-state index contributed by atoms with van der Waals surface area (Å²) in [6.07, 6.45) is 0. The van der Waals surface area contributed by atoms with Gasteiger partial charge in [0.15, 0.2) is 5.01 Å². The van der Waals surface area contributed by atoms with Crippen molar-refractivity contribution in [3.8, 4) is 0 Å². The summed E-state index contributed by atoms with van der Waals surface area (Å²) in [7, 11) is 0. The molecule has 0 amide bonds. The molecule has 0 spiro atoms. The van der Waals surface area contributed by atoms with Gasteiger partial charge in [-0.1, -0.05) is 36.4 Å². The molecule has 120 valence electrons. The van der Waals surface area contributed by atoms with Crippen LogP contribution in [-0.4, -0.2) is 10.8 Å². The number of amidine groups is 1. The van der Waals surface area contributed by atoms with Crippen molar-refractivity contribution in [2.75, 3.05) is 10.1 Å². The summed E-state index contributed by atoms with van der Waals surface area (Å²) in [6, 6.07) is 20.1. The average molecular weight is 335 g/mol. The van der Waals surface area contributed by atoms with Crippen LogP contribution in [-0.2, 0) is 0 Å². The van der Waals surface area contributed by atoms with Crippen LogP contribution >= 0.6 is 11.3 Å². The molecule has 24 heavy (non-hydrogen) atoms. The minimum Gasteiger partial charge on any atom is -0.238 e. The molecule has 3 aromatic rings. The lowest BCUT2D eigenvalue weighted by molar-refractivity contribution is 0.718. The van der Waals surface area contributed by atoms with Gasteiger partial charge in [-0.2, -0.15) is 5.12 Å². The van der Waals surface area contributed by atoms with E-state index in [-0.39, 0.29) is 0 Å². The number of hydrogen-bond donors (Lipinski definition) is 1. The van der Waals surface area contributed by atoms with E-state index in [4.69, 9.17) is 5.10 Å². The number of anilines is 2. The van der Waals surface area contributed by atoms with Crippen LogP contribution in [0.25, 0.3) is 0 Å². The first-order valence-electron chi connectivity index (χ1n) is 7.72. The zero-order valence-corrected chi connectivity index (χ0v) is 14.3. The first-order chi connectivity index (χ1) is 11.7. The number of nitrogens with zero attached hydrogens (tertiary/aromatic N) is 4. The van der Waals surface area contributed by atoms with Gasteiger partial charge in [0, 0.05) is 4.88 Å². The number of thiazole rings is 1. The van der Waals surface area contributed by atoms with E-state index in [0.717, 1.165) is 27.9 Å². The highest BCUT2D eigenvalue weighted by molar-refractivity contribution is 7.13. The highest BCUT2D eigenvalue weighted by atomic mass is 32.1. The standard InChI is InChI=1S/C18H17N5S/c1-13-14(2)24-18(19-13)17-20-23(16-11-7-4-8-12-16)21-22(17)15-9-5-3-6-10-15/h3-12,21H,1-2H3. The third-order valence-corrected chi connectivity index (χ3v) is 4.91. The number of benzene rings is 2. The molecule has 0 bridgehead atoms. The van der Waals surface area contributed by atoms with E-state index in [2.05, 4.69) is 17.4 Å². The molecule has 6 heteroatoms. The number of rotatable bonds is 3. The van der Waals surface area contributed by atoms with Crippen LogP contribution in [0.5, 0.6) is 0 Å². The van der Waals surface area contributed by atoms with Gasteiger partial charge in [-0.25, -0.2) is 9.99 Å². The molecule has 0 fully saturated rings. The van der Waals surface area contributed by atoms with Crippen LogP contribution in [0.2, 0.25) is 0 Å². The van der Waals surface area contributed by atoms with Crippen molar-refractivity contribution in [1.29, 1.82) is 0 Å². The van der Waals surface area contributed by atoms with E-state index >= 15 is 0 Å². The Kier molecular flexibility index (Phi) is 3.76. The Balaban J connectivity index is 1.77. The monoisotopic (exact) mass is 335 g/mol. The summed E-state index contributed by atoms with van der Waals surface area (Å²) in [6.45, 7) is 4.11. The maximum Gasteiger partial charge on any atom is 0.207 e. The Morgan fingerprint density at radius 3 is 2.08 bits per heavy atom. The van der Waals surface area contributed by atoms with E-state index in [0.29, 0.717) is 0 Å². The summed E-state index contributed by atoms with van der Waals surface area (Å²) in [5, 5.41) is 9.39. The van der Waals surface area contributed by atoms with Gasteiger partial charge < -0.3 is 0 Å². The molecule has 4 rings (SSSR count). The molecule has 2 heterocycles. The van der Waals surface area contributed by atoms with Gasteiger partial charge in [-0.3, -0.25) is 0 Å². The molecule has 0 unspecified atom stereocenters. The topological polar surface area (TPSA) is 43.8 Å². The van der Waals surface area contributed by atoms with Crippen LogP contribution in [0.15, 0.2) is 65.8 Å². The van der Waals surface area contributed by atoms with E-state index in [1.807, 2.05) is 72.6 Å². The molecule has 1 N–H and O–H groups in total. The lowest BCUT2D eigenvalue weighted by Crippen LogP contribution is -2.43. The molecule has 0 aliphatic carbocycles. The Morgan fingerprint density at radius 1 is 0.875 bits per heavy atom. The van der Waals surface area contributed by atoms with Gasteiger partial charge in [0.25, 0.3) is 0 Å². The Hall–Kier alpha value is -2.70. The van der Waals surface area contributed by atoms with Crippen molar-refractivity contribution in [1.82, 2.24) is 10.5 Å². The highest BCUT2D eigenvalue weighted by Crippen LogP contribution is 2.26. The van der Waals surface area contributed by atoms with Crippen LogP contribution in [0.3, 0.4) is 0 Å². The summed E-state index contributed by atoms with van der Waals surface area (Å²) in [5.41, 5.74) is 6.36. The molecule has 0 saturated carbocycles. The van der Waals surface area contributed by atoms with Crippen molar-refractivity contribution in [3.05, 3.63) is 76.2 Å². The lowest BCUT2D eigenvalue weighted by atomic mass is 10.3. The second-order valence-corrected chi connectivity index (χ2v) is 6.71. The van der Waals surface area contributed by atoms with Crippen molar-refractivity contribution < 1.29 is 0 Å². The fourth-order valence-electron chi connectivity index (χ4n) is 2.45. The highest BCUT2D eigenvalue weighted by Gasteiger charge is 2.28. The second-order valence-electron chi connectivity index (χ2n) is 5.50. The summed E-state index contributed by atoms with van der Waals surface area (Å²) < 4.78 is 0. The quantitative estimate of drug-likeness (QED) is 0.789. The van der Waals surface area contributed by atoms with E-state index in [1.165, 1.54) is 4.88 Å². The number of aryl methyl sites for hydroxylation is 2. The SMILES string of the molecule is Cc1nc(C2=NN(c3ccccc3)NN2c2ccccc2)sc1C. The minimum atomic E-state index is 0.797. The summed E-state index contributed by atoms with van der Waals surface area (Å²) in [4.78, 5) is 5.88. The normalized spacial score (nSPS) is 14.2. The molecule has 1 aliphatic heterocycles. The number of nitrogens with one attached hydrogen (secondary N) is 1. The van der Waals surface area contributed by atoms with Gasteiger partial charge in [-0.15, -0.1) is 22.0 Å². The first-order valence-corrected chi connectivity index (χ1v) is 8.53. The maximum absolute atomic E-state index is 4.75. The largest absolute Gasteiger partial charge is 0.238 e. The van der Waals surface area contributed by atoms with Crippen molar-refractivity contribution in [3.63, 3.8) is 0 Å². The molecule has 0 atom stereocenters. The second kappa shape index (κ2) is 6.07. The molecule has 1 aliphatic rings. The van der Waals surface area contributed by atoms with Gasteiger partial charge in [0.05, 0.1) is 17.1 Å². The van der Waals surface area contributed by atoms with Crippen LogP contribution in [0.1, 0.15) is 15.6 Å². The van der Waals surface area contributed by atoms with Crippen molar-refractivity contribution in [2.24, 2.45) is 5.10 Å². The van der Waals surface area contributed by atoms with Crippen LogP contribution < -0.4 is 15.7 Å². The van der Waals surface area contributed by atoms with Crippen LogP contribution in [0.4, 0.5) is 11.4 Å². The molecule has 2 aromatic carbocycles. The number of hydrazone groups is 1. The van der Waals surface area contributed by atoms with E-state index < -0.39 is 0 Å². The minimum absolute atomic E-state index is 0.797. The van der Waals surface area contributed by atoms with E-state index in [9.17, 15) is 0 Å².